The second-order valence-corrected chi connectivity index (χ2v) is 11.0. The average Bonchev–Trinajstić information content (AvgIpc) is 2.94. The van der Waals surface area contributed by atoms with E-state index >= 15 is 0 Å². The van der Waals surface area contributed by atoms with Crippen LogP contribution in [0.4, 0.5) is 0 Å². The molecule has 0 saturated heterocycles. The maximum absolute atomic E-state index is 11.2. The van der Waals surface area contributed by atoms with E-state index in [0.29, 0.717) is 40.4 Å². The van der Waals surface area contributed by atoms with Crippen LogP contribution in [0.15, 0.2) is 0 Å². The smallest absolute Gasteiger partial charge is 0.0577 e. The maximum atomic E-state index is 11.2. The molecule has 0 spiro atoms. The van der Waals surface area contributed by atoms with Crippen molar-refractivity contribution in [3.05, 3.63) is 0 Å². The van der Waals surface area contributed by atoms with Crippen LogP contribution in [0.3, 0.4) is 0 Å². The lowest BCUT2D eigenvalue weighted by molar-refractivity contribution is -0.174. The predicted octanol–water partition coefficient (Wildman–Crippen LogP) is 3.96. The average molecular weight is 364 g/mol. The Balaban J connectivity index is 1.61. The van der Waals surface area contributed by atoms with Crippen molar-refractivity contribution in [2.75, 3.05) is 6.54 Å². The highest BCUT2D eigenvalue weighted by atomic mass is 16.3. The Morgan fingerprint density at radius 1 is 0.962 bits per heavy atom. The van der Waals surface area contributed by atoms with E-state index < -0.39 is 0 Å². The quantitative estimate of drug-likeness (QED) is 0.711. The first-order valence-electron chi connectivity index (χ1n) is 11.4. The van der Waals surface area contributed by atoms with Gasteiger partial charge in [-0.2, -0.15) is 0 Å². The Labute approximate surface area is 160 Å². The van der Waals surface area contributed by atoms with E-state index in [0.717, 1.165) is 44.6 Å². The first-order valence-corrected chi connectivity index (χ1v) is 11.4. The van der Waals surface area contributed by atoms with Gasteiger partial charge < -0.3 is 15.9 Å². The van der Waals surface area contributed by atoms with Gasteiger partial charge in [0.15, 0.2) is 0 Å². The molecule has 26 heavy (non-hydrogen) atoms. The molecule has 0 aromatic heterocycles. The van der Waals surface area contributed by atoms with Gasteiger partial charge in [-0.3, -0.25) is 0 Å². The minimum Gasteiger partial charge on any atom is -0.393 e. The highest BCUT2D eigenvalue weighted by Gasteiger charge is 2.62. The van der Waals surface area contributed by atoms with Gasteiger partial charge in [0.2, 0.25) is 0 Å². The Kier molecular flexibility index (Phi) is 4.98. The fourth-order valence-corrected chi connectivity index (χ4v) is 8.64. The summed E-state index contributed by atoms with van der Waals surface area (Å²) in [6.45, 7) is 8.26. The highest BCUT2D eigenvalue weighted by molar-refractivity contribution is 5.11. The second-order valence-electron chi connectivity index (χ2n) is 11.0. The van der Waals surface area contributed by atoms with Gasteiger partial charge in [0.25, 0.3) is 0 Å². The fourth-order valence-electron chi connectivity index (χ4n) is 8.64. The third kappa shape index (κ3) is 2.71. The van der Waals surface area contributed by atoms with E-state index in [-0.39, 0.29) is 12.2 Å². The minimum absolute atomic E-state index is 0.140. The molecule has 0 aromatic carbocycles. The predicted molar refractivity (Wildman–Crippen MR) is 105 cm³/mol. The molecule has 150 valence electrons. The van der Waals surface area contributed by atoms with Crippen LogP contribution in [0.2, 0.25) is 0 Å². The van der Waals surface area contributed by atoms with Crippen LogP contribution >= 0.6 is 0 Å². The van der Waals surface area contributed by atoms with Gasteiger partial charge in [0, 0.05) is 0 Å². The van der Waals surface area contributed by atoms with E-state index in [1.165, 1.54) is 25.7 Å². The molecule has 10 atom stereocenters. The van der Waals surface area contributed by atoms with Crippen molar-refractivity contribution in [3.63, 3.8) is 0 Å². The summed E-state index contributed by atoms with van der Waals surface area (Å²) in [5.41, 5.74) is 6.61. The molecular weight excluding hydrogens is 322 g/mol. The van der Waals surface area contributed by atoms with Crippen molar-refractivity contribution in [1.29, 1.82) is 0 Å². The first kappa shape index (κ1) is 19.2. The Morgan fingerprint density at radius 3 is 2.38 bits per heavy atom. The summed E-state index contributed by atoms with van der Waals surface area (Å²) in [5, 5.41) is 21.4. The van der Waals surface area contributed by atoms with Crippen molar-refractivity contribution in [1.82, 2.24) is 0 Å². The van der Waals surface area contributed by atoms with Crippen molar-refractivity contribution >= 4 is 0 Å². The van der Waals surface area contributed by atoms with Crippen molar-refractivity contribution in [3.8, 4) is 0 Å². The Morgan fingerprint density at radius 2 is 1.65 bits per heavy atom. The van der Waals surface area contributed by atoms with Crippen LogP contribution in [-0.4, -0.2) is 29.0 Å². The van der Waals surface area contributed by atoms with Crippen LogP contribution in [0.1, 0.15) is 78.6 Å². The van der Waals surface area contributed by atoms with E-state index in [9.17, 15) is 10.2 Å². The standard InChI is InChI=1S/C23H41NO2/c1-14(8-11-24)17-4-5-18-21-19(7-10-23(17,18)3)22(2)9-6-16(25)12-15(22)13-20(21)26/h14-21,25-26H,4-13,24H2,1-3H3/t14-,15+,16-,17-,18+,19+,20-,21+,22+,23-/m1/s1. The number of hydrogen-bond acceptors (Lipinski definition) is 3. The largest absolute Gasteiger partial charge is 0.393 e. The molecule has 0 aromatic rings. The van der Waals surface area contributed by atoms with Crippen LogP contribution in [0.25, 0.3) is 0 Å². The lowest BCUT2D eigenvalue weighted by Gasteiger charge is -2.62. The van der Waals surface area contributed by atoms with Crippen LogP contribution in [0.5, 0.6) is 0 Å². The summed E-state index contributed by atoms with van der Waals surface area (Å²) >= 11 is 0. The zero-order chi connectivity index (χ0) is 18.7. The summed E-state index contributed by atoms with van der Waals surface area (Å²) in [5.74, 6) is 3.83. The molecule has 0 amide bonds. The van der Waals surface area contributed by atoms with Gasteiger partial charge in [0.05, 0.1) is 12.2 Å². The summed E-state index contributed by atoms with van der Waals surface area (Å²) in [6.07, 6.45) is 10.0. The van der Waals surface area contributed by atoms with Crippen LogP contribution in [-0.2, 0) is 0 Å². The Bertz CT molecular complexity index is 524. The number of fused-ring (bicyclic) bond motifs is 5. The molecule has 0 aliphatic heterocycles. The van der Waals surface area contributed by atoms with E-state index in [1.54, 1.807) is 0 Å². The third-order valence-electron chi connectivity index (χ3n) is 10.0. The Hall–Kier alpha value is -0.120. The summed E-state index contributed by atoms with van der Waals surface area (Å²) in [4.78, 5) is 0. The van der Waals surface area contributed by atoms with Gasteiger partial charge in [-0.05, 0) is 111 Å². The van der Waals surface area contributed by atoms with Gasteiger partial charge in [0.1, 0.15) is 0 Å². The zero-order valence-electron chi connectivity index (χ0n) is 17.2. The number of rotatable bonds is 3. The molecule has 0 bridgehead atoms. The normalized spacial score (nSPS) is 54.9. The molecule has 0 radical (unpaired) electrons. The first-order chi connectivity index (χ1) is 12.3. The van der Waals surface area contributed by atoms with Gasteiger partial charge in [-0.1, -0.05) is 20.8 Å². The third-order valence-corrected chi connectivity index (χ3v) is 10.0. The maximum Gasteiger partial charge on any atom is 0.0577 e. The SMILES string of the molecule is C[C@H](CCN)[C@H]1CC[C@H]2[C@@H]3[C@H](O)C[C@@H]4C[C@H](O)CC[C@]4(C)[C@H]3CC[C@]12C. The van der Waals surface area contributed by atoms with Gasteiger partial charge in [-0.15, -0.1) is 0 Å². The zero-order valence-corrected chi connectivity index (χ0v) is 17.2. The fraction of sp³-hybridized carbons (Fsp3) is 1.00. The summed E-state index contributed by atoms with van der Waals surface area (Å²) in [6, 6.07) is 0. The van der Waals surface area contributed by atoms with Crippen molar-refractivity contribution < 1.29 is 10.2 Å². The molecule has 3 heteroatoms. The molecule has 0 unspecified atom stereocenters. The molecule has 4 fully saturated rings. The molecule has 4 N–H and O–H groups in total. The summed E-state index contributed by atoms with van der Waals surface area (Å²) in [7, 11) is 0. The minimum atomic E-state index is -0.156. The van der Waals surface area contributed by atoms with Crippen LogP contribution in [0, 0.1) is 46.3 Å². The highest BCUT2D eigenvalue weighted by Crippen LogP contribution is 2.68. The number of nitrogens with two attached hydrogens (primary N) is 1. The molecule has 4 saturated carbocycles. The molecule has 0 heterocycles. The second kappa shape index (κ2) is 6.74. The van der Waals surface area contributed by atoms with E-state index in [4.69, 9.17) is 5.73 Å². The van der Waals surface area contributed by atoms with Gasteiger partial charge in [-0.25, -0.2) is 0 Å². The molecule has 4 rings (SSSR count). The molecular formula is C23H41NO2. The number of aliphatic hydroxyl groups is 2. The lowest BCUT2D eigenvalue weighted by Crippen LogP contribution is -2.58. The topological polar surface area (TPSA) is 66.5 Å². The molecule has 4 aliphatic carbocycles. The van der Waals surface area contributed by atoms with E-state index in [2.05, 4.69) is 20.8 Å². The van der Waals surface area contributed by atoms with E-state index in [1.807, 2.05) is 0 Å². The molecule has 3 nitrogen and oxygen atoms in total. The lowest BCUT2D eigenvalue weighted by atomic mass is 9.43. The van der Waals surface area contributed by atoms with Crippen molar-refractivity contribution in [2.24, 2.45) is 52.1 Å². The molecule has 4 aliphatic rings. The van der Waals surface area contributed by atoms with Crippen LogP contribution < -0.4 is 5.73 Å². The number of aliphatic hydroxyl groups excluding tert-OH is 2. The number of hydrogen-bond donors (Lipinski definition) is 3. The van der Waals surface area contributed by atoms with Gasteiger partial charge >= 0.3 is 0 Å². The van der Waals surface area contributed by atoms with Crippen molar-refractivity contribution in [2.45, 2.75) is 90.8 Å². The monoisotopic (exact) mass is 363 g/mol. The summed E-state index contributed by atoms with van der Waals surface area (Å²) < 4.78 is 0.